The summed E-state index contributed by atoms with van der Waals surface area (Å²) in [5.74, 6) is 0.698. The van der Waals surface area contributed by atoms with Gasteiger partial charge >= 0.3 is 0 Å². The van der Waals surface area contributed by atoms with Gasteiger partial charge in [0.1, 0.15) is 17.5 Å². The lowest BCUT2D eigenvalue weighted by atomic mass is 10.0. The number of rotatable bonds is 16. The molecule has 0 fully saturated rings. The van der Waals surface area contributed by atoms with E-state index < -0.39 is 16.1 Å². The van der Waals surface area contributed by atoms with Gasteiger partial charge in [-0.15, -0.1) is 0 Å². The lowest BCUT2D eigenvalue weighted by Gasteiger charge is -2.33. The fourth-order valence-corrected chi connectivity index (χ4v) is 5.69. The zero-order valence-electron chi connectivity index (χ0n) is 25.7. The predicted octanol–water partition coefficient (Wildman–Crippen LogP) is 4.80. The third-order valence-corrected chi connectivity index (χ3v) is 8.45. The van der Waals surface area contributed by atoms with Gasteiger partial charge in [-0.3, -0.25) is 13.9 Å². The summed E-state index contributed by atoms with van der Waals surface area (Å²) in [5, 5.41) is 3.06. The summed E-state index contributed by atoms with van der Waals surface area (Å²) in [4.78, 5) is 29.3. The number of sulfonamides is 1. The van der Waals surface area contributed by atoms with Gasteiger partial charge in [-0.25, -0.2) is 8.42 Å². The summed E-state index contributed by atoms with van der Waals surface area (Å²) < 4.78 is 37.3. The van der Waals surface area contributed by atoms with Crippen molar-refractivity contribution in [1.82, 2.24) is 10.2 Å². The fraction of sp³-hybridized carbons (Fsp3) is 0.394. The molecule has 10 heteroatoms. The Morgan fingerprint density at radius 2 is 1.51 bits per heavy atom. The molecule has 2 amide bonds. The molecule has 3 rings (SSSR count). The highest BCUT2D eigenvalue weighted by Crippen LogP contribution is 2.24. The molecule has 0 aromatic heterocycles. The first kappa shape index (κ1) is 33.5. The first-order valence-electron chi connectivity index (χ1n) is 14.4. The maximum absolute atomic E-state index is 14.0. The van der Waals surface area contributed by atoms with Crippen LogP contribution >= 0.6 is 0 Å². The van der Waals surface area contributed by atoms with Crippen LogP contribution in [0.15, 0.2) is 78.9 Å². The number of hydrogen-bond acceptors (Lipinski definition) is 6. The molecule has 0 saturated heterocycles. The number of carbonyl (C=O) groups excluding carboxylic acids is 2. The summed E-state index contributed by atoms with van der Waals surface area (Å²) in [6.45, 7) is 4.20. The molecule has 0 aliphatic heterocycles. The van der Waals surface area contributed by atoms with E-state index >= 15 is 0 Å². The Kier molecular flexibility index (Phi) is 12.4. The van der Waals surface area contributed by atoms with E-state index in [-0.39, 0.29) is 43.8 Å². The lowest BCUT2D eigenvalue weighted by Crippen LogP contribution is -2.52. The van der Waals surface area contributed by atoms with Crippen molar-refractivity contribution in [2.24, 2.45) is 0 Å². The molecule has 0 bridgehead atoms. The standard InChI is InChI=1S/C33H43N3O6S/c1-6-25(2)34-33(38)31(22-26-13-8-7-9-14-26)35(24-27-15-10-17-29(21-27)41-3)32(37)19-12-20-36(43(5,39)40)28-16-11-18-30(23-28)42-4/h7-11,13-18,21,23,25,31H,6,12,19-20,22,24H2,1-5H3,(H,34,38)/t25-,31-/m0/s1. The molecule has 0 heterocycles. The van der Waals surface area contributed by atoms with Crippen molar-refractivity contribution < 1.29 is 27.5 Å². The van der Waals surface area contributed by atoms with Crippen LogP contribution in [0.3, 0.4) is 0 Å². The minimum Gasteiger partial charge on any atom is -0.497 e. The SMILES string of the molecule is CC[C@H](C)NC(=O)[C@H](Cc1ccccc1)N(Cc1cccc(OC)c1)C(=O)CCCN(c1cccc(OC)c1)S(C)(=O)=O. The first-order chi connectivity index (χ1) is 20.5. The van der Waals surface area contributed by atoms with Crippen molar-refractivity contribution in [1.29, 1.82) is 0 Å². The summed E-state index contributed by atoms with van der Waals surface area (Å²) in [5.41, 5.74) is 2.20. The Labute approximate surface area is 255 Å². The molecular formula is C33H43N3O6S. The van der Waals surface area contributed by atoms with Crippen molar-refractivity contribution in [2.75, 3.05) is 31.3 Å². The van der Waals surface area contributed by atoms with E-state index in [0.29, 0.717) is 23.6 Å². The van der Waals surface area contributed by atoms with Gasteiger partial charge in [0, 0.05) is 38.0 Å². The zero-order valence-corrected chi connectivity index (χ0v) is 26.5. The summed E-state index contributed by atoms with van der Waals surface area (Å²) in [7, 11) is -0.534. The van der Waals surface area contributed by atoms with E-state index in [9.17, 15) is 18.0 Å². The average molecular weight is 610 g/mol. The van der Waals surface area contributed by atoms with E-state index in [1.54, 1.807) is 36.3 Å². The van der Waals surface area contributed by atoms with Gasteiger partial charge in [0.2, 0.25) is 21.8 Å². The number of methoxy groups -OCH3 is 2. The average Bonchev–Trinajstić information content (AvgIpc) is 3.00. The summed E-state index contributed by atoms with van der Waals surface area (Å²) in [6, 6.07) is 23.0. The highest BCUT2D eigenvalue weighted by atomic mass is 32.2. The quantitative estimate of drug-likeness (QED) is 0.250. The van der Waals surface area contributed by atoms with Gasteiger partial charge in [0.15, 0.2) is 0 Å². The Hall–Kier alpha value is -4.05. The number of benzene rings is 3. The van der Waals surface area contributed by atoms with Crippen LogP contribution < -0.4 is 19.1 Å². The van der Waals surface area contributed by atoms with E-state index in [2.05, 4.69) is 5.32 Å². The van der Waals surface area contributed by atoms with E-state index in [4.69, 9.17) is 9.47 Å². The molecule has 43 heavy (non-hydrogen) atoms. The Balaban J connectivity index is 1.91. The second kappa shape index (κ2) is 16.0. The molecule has 2 atom stereocenters. The summed E-state index contributed by atoms with van der Waals surface area (Å²) in [6.07, 6.45) is 2.51. The third kappa shape index (κ3) is 10.0. The van der Waals surface area contributed by atoms with Crippen molar-refractivity contribution in [3.8, 4) is 11.5 Å². The van der Waals surface area contributed by atoms with Crippen LogP contribution in [0.1, 0.15) is 44.2 Å². The van der Waals surface area contributed by atoms with Crippen LogP contribution in [-0.2, 0) is 32.6 Å². The van der Waals surface area contributed by atoms with Crippen LogP contribution in [-0.4, -0.2) is 64.2 Å². The molecule has 232 valence electrons. The summed E-state index contributed by atoms with van der Waals surface area (Å²) >= 11 is 0. The second-order valence-corrected chi connectivity index (χ2v) is 12.4. The van der Waals surface area contributed by atoms with Crippen LogP contribution in [0.25, 0.3) is 0 Å². The second-order valence-electron chi connectivity index (χ2n) is 10.5. The van der Waals surface area contributed by atoms with Crippen molar-refractivity contribution in [3.05, 3.63) is 90.0 Å². The molecule has 1 N–H and O–H groups in total. The highest BCUT2D eigenvalue weighted by molar-refractivity contribution is 7.92. The molecule has 9 nitrogen and oxygen atoms in total. The van der Waals surface area contributed by atoms with Gasteiger partial charge in [-0.2, -0.15) is 0 Å². The van der Waals surface area contributed by atoms with Crippen LogP contribution in [0, 0.1) is 0 Å². The third-order valence-electron chi connectivity index (χ3n) is 7.25. The van der Waals surface area contributed by atoms with E-state index in [0.717, 1.165) is 23.8 Å². The maximum atomic E-state index is 14.0. The maximum Gasteiger partial charge on any atom is 0.243 e. The first-order valence-corrected chi connectivity index (χ1v) is 16.3. The van der Waals surface area contributed by atoms with Gasteiger partial charge in [-0.1, -0.05) is 55.5 Å². The van der Waals surface area contributed by atoms with Gasteiger partial charge < -0.3 is 19.7 Å². The lowest BCUT2D eigenvalue weighted by molar-refractivity contribution is -0.141. The van der Waals surface area contributed by atoms with Crippen LogP contribution in [0.2, 0.25) is 0 Å². The minimum absolute atomic E-state index is 0.0435. The number of hydrogen-bond donors (Lipinski definition) is 1. The fourth-order valence-electron chi connectivity index (χ4n) is 4.73. The molecule has 3 aromatic rings. The molecular weight excluding hydrogens is 566 g/mol. The van der Waals surface area contributed by atoms with Gasteiger partial charge in [0.25, 0.3) is 0 Å². The van der Waals surface area contributed by atoms with Crippen LogP contribution in [0.5, 0.6) is 11.5 Å². The number of carbonyl (C=O) groups is 2. The molecule has 0 aliphatic carbocycles. The van der Waals surface area contributed by atoms with Gasteiger partial charge in [0.05, 0.1) is 26.2 Å². The van der Waals surface area contributed by atoms with E-state index in [1.165, 1.54) is 11.4 Å². The topological polar surface area (TPSA) is 105 Å². The molecule has 0 spiro atoms. The van der Waals surface area contributed by atoms with Crippen molar-refractivity contribution >= 4 is 27.5 Å². The molecule has 3 aromatic carbocycles. The highest BCUT2D eigenvalue weighted by Gasteiger charge is 2.31. The monoisotopic (exact) mass is 609 g/mol. The van der Waals surface area contributed by atoms with Gasteiger partial charge in [-0.05, 0) is 55.2 Å². The smallest absolute Gasteiger partial charge is 0.243 e. The van der Waals surface area contributed by atoms with Crippen molar-refractivity contribution in [2.45, 2.75) is 58.2 Å². The molecule has 0 saturated carbocycles. The Morgan fingerprint density at radius 3 is 2.14 bits per heavy atom. The number of nitrogens with zero attached hydrogens (tertiary/aromatic N) is 2. The molecule has 0 unspecified atom stereocenters. The predicted molar refractivity (Wildman–Crippen MR) is 170 cm³/mol. The molecule has 0 aliphatic rings. The number of nitrogens with one attached hydrogen (secondary N) is 1. The van der Waals surface area contributed by atoms with E-state index in [1.807, 2.05) is 68.4 Å². The normalized spacial score (nSPS) is 12.6. The Bertz CT molecular complexity index is 1450. The number of ether oxygens (including phenoxy) is 2. The minimum atomic E-state index is -3.63. The number of anilines is 1. The zero-order chi connectivity index (χ0) is 31.4. The van der Waals surface area contributed by atoms with Crippen molar-refractivity contribution in [3.63, 3.8) is 0 Å². The van der Waals surface area contributed by atoms with Crippen LogP contribution in [0.4, 0.5) is 5.69 Å². The largest absolute Gasteiger partial charge is 0.497 e. The Morgan fingerprint density at radius 1 is 0.884 bits per heavy atom. The number of amides is 2. The molecule has 0 radical (unpaired) electrons.